The third-order valence-corrected chi connectivity index (χ3v) is 3.07. The Morgan fingerprint density at radius 3 is 2.85 bits per heavy atom. The lowest BCUT2D eigenvalue weighted by Crippen LogP contribution is -2.24. The smallest absolute Gasteiger partial charge is 0.255 e. The van der Waals surface area contributed by atoms with E-state index in [0.717, 1.165) is 30.2 Å². The Morgan fingerprint density at radius 2 is 2.20 bits per heavy atom. The highest BCUT2D eigenvalue weighted by atomic mass is 16.3. The second-order valence-electron chi connectivity index (χ2n) is 4.58. The van der Waals surface area contributed by atoms with Crippen molar-refractivity contribution in [3.05, 3.63) is 41.2 Å². The number of aryl methyl sites for hydroxylation is 2. The van der Waals surface area contributed by atoms with Crippen molar-refractivity contribution in [1.29, 1.82) is 0 Å². The molecule has 106 valence electrons. The van der Waals surface area contributed by atoms with Crippen molar-refractivity contribution in [3.63, 3.8) is 0 Å². The molecule has 0 aliphatic carbocycles. The van der Waals surface area contributed by atoms with E-state index in [0.29, 0.717) is 6.54 Å². The Bertz CT molecular complexity index is 607. The van der Waals surface area contributed by atoms with Crippen LogP contribution < -0.4 is 5.32 Å². The Balaban J connectivity index is 1.82. The molecule has 0 bridgehead atoms. The average molecular weight is 275 g/mol. The van der Waals surface area contributed by atoms with Crippen molar-refractivity contribution in [1.82, 2.24) is 15.5 Å². The molecule has 0 aliphatic heterocycles. The number of nitrogens with zero attached hydrogens (tertiary/aromatic N) is 1. The minimum Gasteiger partial charge on any atom is -0.508 e. The second-order valence-corrected chi connectivity index (χ2v) is 4.58. The van der Waals surface area contributed by atoms with Gasteiger partial charge in [0.15, 0.2) is 0 Å². The molecule has 20 heavy (non-hydrogen) atoms. The molecule has 4 N–H and O–H groups in total. The van der Waals surface area contributed by atoms with Crippen molar-refractivity contribution in [2.75, 3.05) is 6.54 Å². The average Bonchev–Trinajstić information content (AvgIpc) is 2.80. The summed E-state index contributed by atoms with van der Waals surface area (Å²) in [6.45, 7) is 2.46. The molecule has 1 aromatic carbocycles. The van der Waals surface area contributed by atoms with Gasteiger partial charge in [-0.05, 0) is 37.5 Å². The van der Waals surface area contributed by atoms with E-state index in [-0.39, 0.29) is 23.0 Å². The van der Waals surface area contributed by atoms with Gasteiger partial charge in [0, 0.05) is 18.3 Å². The van der Waals surface area contributed by atoms with Crippen LogP contribution in [0.5, 0.6) is 11.5 Å². The first-order valence-electron chi connectivity index (χ1n) is 6.37. The molecule has 1 heterocycles. The van der Waals surface area contributed by atoms with Gasteiger partial charge in [-0.2, -0.15) is 5.10 Å². The van der Waals surface area contributed by atoms with Crippen LogP contribution in [0.4, 0.5) is 0 Å². The molecule has 6 nitrogen and oxygen atoms in total. The van der Waals surface area contributed by atoms with E-state index in [4.69, 9.17) is 5.11 Å². The van der Waals surface area contributed by atoms with E-state index in [1.54, 1.807) is 6.20 Å². The highest BCUT2D eigenvalue weighted by molar-refractivity contribution is 5.96. The van der Waals surface area contributed by atoms with Crippen molar-refractivity contribution >= 4 is 5.91 Å². The molecular formula is C14H17N3O3. The first-order chi connectivity index (χ1) is 9.58. The van der Waals surface area contributed by atoms with Crippen LogP contribution in [0.3, 0.4) is 0 Å². The number of H-pyrrole nitrogens is 1. The maximum atomic E-state index is 11.8. The number of rotatable bonds is 5. The van der Waals surface area contributed by atoms with Crippen LogP contribution in [0.1, 0.15) is 28.0 Å². The maximum absolute atomic E-state index is 11.8. The number of amides is 1. The predicted molar refractivity (Wildman–Crippen MR) is 73.8 cm³/mol. The fraction of sp³-hybridized carbons (Fsp3) is 0.286. The standard InChI is InChI=1S/C14H17N3O3/c1-9-10(8-16-17-9)3-2-6-15-14(20)12-5-4-11(18)7-13(12)19/h4-5,7-8,18-19H,2-3,6H2,1H3,(H,15,20)(H,16,17). The summed E-state index contributed by atoms with van der Waals surface area (Å²) >= 11 is 0. The number of aromatic hydroxyl groups is 2. The van der Waals surface area contributed by atoms with Gasteiger partial charge >= 0.3 is 0 Å². The highest BCUT2D eigenvalue weighted by Gasteiger charge is 2.11. The van der Waals surface area contributed by atoms with Gasteiger partial charge in [-0.3, -0.25) is 9.89 Å². The van der Waals surface area contributed by atoms with Gasteiger partial charge in [-0.15, -0.1) is 0 Å². The lowest BCUT2D eigenvalue weighted by molar-refractivity contribution is 0.0950. The van der Waals surface area contributed by atoms with E-state index in [1.807, 2.05) is 6.92 Å². The van der Waals surface area contributed by atoms with E-state index < -0.39 is 0 Å². The number of aromatic amines is 1. The molecule has 0 radical (unpaired) electrons. The second kappa shape index (κ2) is 6.10. The van der Waals surface area contributed by atoms with Gasteiger partial charge in [-0.1, -0.05) is 0 Å². The summed E-state index contributed by atoms with van der Waals surface area (Å²) in [5.74, 6) is -0.658. The molecular weight excluding hydrogens is 258 g/mol. The zero-order valence-electron chi connectivity index (χ0n) is 11.2. The van der Waals surface area contributed by atoms with Crippen LogP contribution in [0.15, 0.2) is 24.4 Å². The largest absolute Gasteiger partial charge is 0.508 e. The monoisotopic (exact) mass is 275 g/mol. The fourth-order valence-corrected chi connectivity index (χ4v) is 1.92. The van der Waals surface area contributed by atoms with Crippen LogP contribution in [0.25, 0.3) is 0 Å². The zero-order chi connectivity index (χ0) is 14.5. The third-order valence-electron chi connectivity index (χ3n) is 3.07. The number of aromatic nitrogens is 2. The van der Waals surface area contributed by atoms with E-state index in [2.05, 4.69) is 15.5 Å². The van der Waals surface area contributed by atoms with Crippen LogP contribution in [0.2, 0.25) is 0 Å². The molecule has 2 rings (SSSR count). The van der Waals surface area contributed by atoms with Gasteiger partial charge in [0.2, 0.25) is 0 Å². The van der Waals surface area contributed by atoms with Crippen LogP contribution >= 0.6 is 0 Å². The number of phenols is 2. The summed E-state index contributed by atoms with van der Waals surface area (Å²) in [7, 11) is 0. The summed E-state index contributed by atoms with van der Waals surface area (Å²) in [6.07, 6.45) is 3.39. The van der Waals surface area contributed by atoms with E-state index >= 15 is 0 Å². The lowest BCUT2D eigenvalue weighted by atomic mass is 10.1. The number of benzene rings is 1. The number of phenolic OH excluding ortho intramolecular Hbond substituents is 2. The SMILES string of the molecule is Cc1[nH]ncc1CCCNC(=O)c1ccc(O)cc1O. The van der Waals surface area contributed by atoms with Gasteiger partial charge in [0.05, 0.1) is 11.8 Å². The van der Waals surface area contributed by atoms with Crippen LogP contribution in [-0.2, 0) is 6.42 Å². The Labute approximate surface area is 116 Å². The van der Waals surface area contributed by atoms with Crippen LogP contribution in [0, 0.1) is 6.92 Å². The highest BCUT2D eigenvalue weighted by Crippen LogP contribution is 2.22. The number of hydrogen-bond acceptors (Lipinski definition) is 4. The molecule has 0 atom stereocenters. The summed E-state index contributed by atoms with van der Waals surface area (Å²) in [4.78, 5) is 11.8. The molecule has 2 aromatic rings. The number of hydrogen-bond donors (Lipinski definition) is 4. The van der Waals surface area contributed by atoms with Crippen molar-refractivity contribution < 1.29 is 15.0 Å². The molecule has 0 saturated heterocycles. The molecule has 0 saturated carbocycles. The molecule has 1 amide bonds. The van der Waals surface area contributed by atoms with E-state index in [1.165, 1.54) is 12.1 Å². The Kier molecular flexibility index (Phi) is 4.24. The topological polar surface area (TPSA) is 98.2 Å². The minimum absolute atomic E-state index is 0.0746. The van der Waals surface area contributed by atoms with Crippen molar-refractivity contribution in [3.8, 4) is 11.5 Å². The van der Waals surface area contributed by atoms with Crippen LogP contribution in [-0.4, -0.2) is 32.9 Å². The summed E-state index contributed by atoms with van der Waals surface area (Å²) in [5.41, 5.74) is 2.32. The summed E-state index contributed by atoms with van der Waals surface area (Å²) in [6, 6.07) is 3.90. The third kappa shape index (κ3) is 3.28. The van der Waals surface area contributed by atoms with Crippen molar-refractivity contribution in [2.45, 2.75) is 19.8 Å². The van der Waals surface area contributed by atoms with Gasteiger partial charge in [0.1, 0.15) is 11.5 Å². The normalized spacial score (nSPS) is 10.4. The predicted octanol–water partition coefficient (Wildman–Crippen LogP) is 1.49. The number of carbonyl (C=O) groups excluding carboxylic acids is 1. The van der Waals surface area contributed by atoms with Gasteiger partial charge in [0.25, 0.3) is 5.91 Å². The minimum atomic E-state index is -0.355. The molecule has 0 fully saturated rings. The molecule has 1 aromatic heterocycles. The van der Waals surface area contributed by atoms with Crippen molar-refractivity contribution in [2.24, 2.45) is 0 Å². The number of carbonyl (C=O) groups is 1. The Hall–Kier alpha value is -2.50. The molecule has 0 unspecified atom stereocenters. The van der Waals surface area contributed by atoms with E-state index in [9.17, 15) is 9.90 Å². The Morgan fingerprint density at radius 1 is 1.40 bits per heavy atom. The summed E-state index contributed by atoms with van der Waals surface area (Å²) < 4.78 is 0. The molecule has 0 spiro atoms. The van der Waals surface area contributed by atoms with Gasteiger partial charge in [-0.25, -0.2) is 0 Å². The fourth-order valence-electron chi connectivity index (χ4n) is 1.92. The quantitative estimate of drug-likeness (QED) is 0.621. The molecule has 0 aliphatic rings. The zero-order valence-corrected chi connectivity index (χ0v) is 11.2. The van der Waals surface area contributed by atoms with Gasteiger partial charge < -0.3 is 15.5 Å². The first kappa shape index (κ1) is 13.9. The summed E-state index contributed by atoms with van der Waals surface area (Å²) in [5, 5.41) is 28.3. The number of nitrogens with one attached hydrogen (secondary N) is 2. The lowest BCUT2D eigenvalue weighted by Gasteiger charge is -2.07. The maximum Gasteiger partial charge on any atom is 0.255 e. The first-order valence-corrected chi connectivity index (χ1v) is 6.37. The molecule has 6 heteroatoms.